The maximum Gasteiger partial charge on any atom is 0.123 e. The van der Waals surface area contributed by atoms with E-state index in [9.17, 15) is 0 Å². The van der Waals surface area contributed by atoms with Gasteiger partial charge in [0.2, 0.25) is 0 Å². The number of anilines is 1. The van der Waals surface area contributed by atoms with Gasteiger partial charge in [-0.1, -0.05) is 30.3 Å². The van der Waals surface area contributed by atoms with Gasteiger partial charge in [-0.25, -0.2) is 0 Å². The summed E-state index contributed by atoms with van der Waals surface area (Å²) in [4.78, 5) is 2.24. The average molecular weight is 293 g/mol. The molecule has 0 bridgehead atoms. The predicted octanol–water partition coefficient (Wildman–Crippen LogP) is 3.33. The lowest BCUT2D eigenvalue weighted by Crippen LogP contribution is -2.17. The van der Waals surface area contributed by atoms with Crippen LogP contribution in [0.1, 0.15) is 11.1 Å². The normalized spacial score (nSPS) is 10.2. The second kappa shape index (κ2) is 7.78. The second-order valence-corrected chi connectivity index (χ2v) is 4.73. The lowest BCUT2D eigenvalue weighted by molar-refractivity contribution is 0.310. The molecule has 0 unspecified atom stereocenters. The average Bonchev–Trinajstić information content (AvgIpc) is 2.39. The van der Waals surface area contributed by atoms with Crippen molar-refractivity contribution in [1.29, 1.82) is 0 Å². The van der Waals surface area contributed by atoms with Crippen molar-refractivity contribution in [2.75, 3.05) is 19.9 Å². The number of hydrogen-bond acceptors (Lipinski definition) is 3. The molecule has 0 aliphatic carbocycles. The number of halogens is 1. The van der Waals surface area contributed by atoms with E-state index >= 15 is 0 Å². The highest BCUT2D eigenvalue weighted by Gasteiger charge is 2.06. The standard InChI is InChI=1S/C16H20N2O.ClH/c1-18(11-13-6-5-8-15(17)10-13)12-14-7-3-4-9-16(14)19-2;/h3-10H,11-12,17H2,1-2H3;1H. The van der Waals surface area contributed by atoms with Crippen molar-refractivity contribution < 1.29 is 4.74 Å². The molecule has 2 aromatic carbocycles. The third kappa shape index (κ3) is 4.44. The van der Waals surface area contributed by atoms with Crippen molar-refractivity contribution in [2.24, 2.45) is 0 Å². The number of nitrogen functional groups attached to an aromatic ring is 1. The Hall–Kier alpha value is -1.71. The minimum Gasteiger partial charge on any atom is -0.496 e. The zero-order valence-corrected chi connectivity index (χ0v) is 12.7. The second-order valence-electron chi connectivity index (χ2n) is 4.73. The third-order valence-electron chi connectivity index (χ3n) is 3.04. The summed E-state index contributed by atoms with van der Waals surface area (Å²) in [5.41, 5.74) is 9.01. The summed E-state index contributed by atoms with van der Waals surface area (Å²) in [5, 5.41) is 0. The highest BCUT2D eigenvalue weighted by molar-refractivity contribution is 5.85. The van der Waals surface area contributed by atoms with Gasteiger partial charge in [0.15, 0.2) is 0 Å². The summed E-state index contributed by atoms with van der Waals surface area (Å²) in [6.45, 7) is 1.71. The highest BCUT2D eigenvalue weighted by atomic mass is 35.5. The summed E-state index contributed by atoms with van der Waals surface area (Å²) >= 11 is 0. The van der Waals surface area contributed by atoms with E-state index in [-0.39, 0.29) is 12.4 Å². The van der Waals surface area contributed by atoms with E-state index < -0.39 is 0 Å². The molecule has 108 valence electrons. The van der Waals surface area contributed by atoms with Gasteiger partial charge < -0.3 is 10.5 Å². The molecule has 0 radical (unpaired) electrons. The minimum absolute atomic E-state index is 0. The van der Waals surface area contributed by atoms with Gasteiger partial charge in [0.1, 0.15) is 5.75 Å². The Balaban J connectivity index is 0.00000200. The van der Waals surface area contributed by atoms with Crippen molar-refractivity contribution >= 4 is 18.1 Å². The summed E-state index contributed by atoms with van der Waals surface area (Å²) in [5.74, 6) is 0.932. The van der Waals surface area contributed by atoms with Crippen molar-refractivity contribution in [1.82, 2.24) is 4.90 Å². The zero-order chi connectivity index (χ0) is 13.7. The van der Waals surface area contributed by atoms with E-state index in [2.05, 4.69) is 24.1 Å². The summed E-state index contributed by atoms with van der Waals surface area (Å²) < 4.78 is 5.37. The molecule has 3 nitrogen and oxygen atoms in total. The van der Waals surface area contributed by atoms with Crippen molar-refractivity contribution in [3.63, 3.8) is 0 Å². The molecule has 0 fully saturated rings. The molecule has 0 aromatic heterocycles. The Labute approximate surface area is 126 Å². The molecule has 2 N–H and O–H groups in total. The largest absolute Gasteiger partial charge is 0.496 e. The van der Waals surface area contributed by atoms with Gasteiger partial charge in [-0.05, 0) is 30.8 Å². The van der Waals surface area contributed by atoms with Crippen molar-refractivity contribution in [3.05, 3.63) is 59.7 Å². The topological polar surface area (TPSA) is 38.5 Å². The maximum atomic E-state index is 5.79. The van der Waals surface area contributed by atoms with Crippen LogP contribution in [0.5, 0.6) is 5.75 Å². The molecule has 0 spiro atoms. The van der Waals surface area contributed by atoms with Crippen LogP contribution in [0, 0.1) is 0 Å². The molecule has 0 aliphatic rings. The number of methoxy groups -OCH3 is 1. The lowest BCUT2D eigenvalue weighted by atomic mass is 10.1. The van der Waals surface area contributed by atoms with Crippen LogP contribution in [-0.4, -0.2) is 19.1 Å². The van der Waals surface area contributed by atoms with Gasteiger partial charge in [-0.3, -0.25) is 4.90 Å². The van der Waals surface area contributed by atoms with Gasteiger partial charge >= 0.3 is 0 Å². The van der Waals surface area contributed by atoms with Gasteiger partial charge in [0.25, 0.3) is 0 Å². The fourth-order valence-electron chi connectivity index (χ4n) is 2.18. The Bertz CT molecular complexity index is 546. The number of para-hydroxylation sites is 1. The number of rotatable bonds is 5. The Morgan fingerprint density at radius 3 is 2.50 bits per heavy atom. The summed E-state index contributed by atoms with van der Waals surface area (Å²) in [7, 11) is 3.80. The molecule has 0 heterocycles. The third-order valence-corrected chi connectivity index (χ3v) is 3.04. The molecule has 0 saturated heterocycles. The highest BCUT2D eigenvalue weighted by Crippen LogP contribution is 2.19. The van der Waals surface area contributed by atoms with Crippen LogP contribution in [-0.2, 0) is 13.1 Å². The van der Waals surface area contributed by atoms with Crippen LogP contribution in [0.25, 0.3) is 0 Å². The van der Waals surface area contributed by atoms with Crippen molar-refractivity contribution in [3.8, 4) is 5.75 Å². The lowest BCUT2D eigenvalue weighted by Gasteiger charge is -2.18. The van der Waals surface area contributed by atoms with E-state index in [1.165, 1.54) is 11.1 Å². The van der Waals surface area contributed by atoms with E-state index in [0.29, 0.717) is 0 Å². The Morgan fingerprint density at radius 1 is 1.05 bits per heavy atom. The van der Waals surface area contributed by atoms with Crippen LogP contribution < -0.4 is 10.5 Å². The van der Waals surface area contributed by atoms with E-state index in [4.69, 9.17) is 10.5 Å². The SMILES string of the molecule is COc1ccccc1CN(C)Cc1cccc(N)c1.Cl. The van der Waals surface area contributed by atoms with E-state index in [1.807, 2.05) is 36.4 Å². The zero-order valence-electron chi connectivity index (χ0n) is 11.9. The molecule has 0 atom stereocenters. The predicted molar refractivity (Wildman–Crippen MR) is 86.3 cm³/mol. The number of hydrogen-bond donors (Lipinski definition) is 1. The molecule has 0 amide bonds. The summed E-state index contributed by atoms with van der Waals surface area (Å²) in [6.07, 6.45) is 0. The molecule has 0 aliphatic heterocycles. The first kappa shape index (κ1) is 16.3. The van der Waals surface area contributed by atoms with Crippen LogP contribution in [0.4, 0.5) is 5.69 Å². The van der Waals surface area contributed by atoms with Crippen LogP contribution in [0.2, 0.25) is 0 Å². The van der Waals surface area contributed by atoms with Crippen LogP contribution in [0.15, 0.2) is 48.5 Å². The first-order valence-corrected chi connectivity index (χ1v) is 6.34. The van der Waals surface area contributed by atoms with E-state index in [0.717, 1.165) is 24.5 Å². The fraction of sp³-hybridized carbons (Fsp3) is 0.250. The smallest absolute Gasteiger partial charge is 0.123 e. The quantitative estimate of drug-likeness (QED) is 0.859. The van der Waals surface area contributed by atoms with Crippen LogP contribution in [0.3, 0.4) is 0 Å². The number of nitrogens with two attached hydrogens (primary N) is 1. The fourth-order valence-corrected chi connectivity index (χ4v) is 2.18. The van der Waals surface area contributed by atoms with Gasteiger partial charge in [0, 0.05) is 24.3 Å². The number of nitrogens with zero attached hydrogens (tertiary/aromatic N) is 1. The van der Waals surface area contributed by atoms with Gasteiger partial charge in [-0.2, -0.15) is 0 Å². The monoisotopic (exact) mass is 292 g/mol. The Morgan fingerprint density at radius 2 is 1.80 bits per heavy atom. The van der Waals surface area contributed by atoms with Crippen molar-refractivity contribution in [2.45, 2.75) is 13.1 Å². The molecular weight excluding hydrogens is 272 g/mol. The maximum absolute atomic E-state index is 5.79. The molecule has 20 heavy (non-hydrogen) atoms. The molecule has 0 saturated carbocycles. The summed E-state index contributed by atoms with van der Waals surface area (Å²) in [6, 6.07) is 16.1. The van der Waals surface area contributed by atoms with Crippen LogP contribution >= 0.6 is 12.4 Å². The van der Waals surface area contributed by atoms with Gasteiger partial charge in [-0.15, -0.1) is 12.4 Å². The molecule has 2 rings (SSSR count). The molecular formula is C16H21ClN2O. The molecule has 2 aromatic rings. The first-order chi connectivity index (χ1) is 9.19. The number of ether oxygens (including phenoxy) is 1. The minimum atomic E-state index is 0. The van der Waals surface area contributed by atoms with Gasteiger partial charge in [0.05, 0.1) is 7.11 Å². The number of benzene rings is 2. The Kier molecular flexibility index (Phi) is 6.36. The molecule has 4 heteroatoms. The first-order valence-electron chi connectivity index (χ1n) is 6.34. The van der Waals surface area contributed by atoms with E-state index in [1.54, 1.807) is 7.11 Å².